The topological polar surface area (TPSA) is 125 Å². The average Bonchev–Trinajstić information content (AvgIpc) is 2.99. The van der Waals surface area contributed by atoms with Gasteiger partial charge in [-0.1, -0.05) is 24.8 Å². The number of aliphatic hydroxyl groups excluding tert-OH is 1. The van der Waals surface area contributed by atoms with Crippen molar-refractivity contribution in [1.29, 1.82) is 0 Å². The molecule has 1 atom stereocenters. The molecule has 0 aliphatic carbocycles. The lowest BCUT2D eigenvalue weighted by Gasteiger charge is -2.43. The summed E-state index contributed by atoms with van der Waals surface area (Å²) in [5.74, 6) is 1.74. The lowest BCUT2D eigenvalue weighted by molar-refractivity contribution is -0.111. The number of nitrogens with zero attached hydrogens (tertiary/aromatic N) is 5. The van der Waals surface area contributed by atoms with E-state index in [4.69, 9.17) is 14.5 Å². The lowest BCUT2D eigenvalue weighted by Crippen LogP contribution is -2.52. The van der Waals surface area contributed by atoms with Crippen molar-refractivity contribution in [3.63, 3.8) is 0 Å². The van der Waals surface area contributed by atoms with Crippen LogP contribution in [0, 0.1) is 0 Å². The smallest absolute Gasteiger partial charge is 0.247 e. The van der Waals surface area contributed by atoms with Gasteiger partial charge < -0.3 is 35.0 Å². The Morgan fingerprint density at radius 3 is 2.52 bits per heavy atom. The van der Waals surface area contributed by atoms with Crippen molar-refractivity contribution in [2.24, 2.45) is 0 Å². The maximum atomic E-state index is 11.9. The van der Waals surface area contributed by atoms with Gasteiger partial charge in [0.15, 0.2) is 0 Å². The Morgan fingerprint density at radius 2 is 1.85 bits per heavy atom. The van der Waals surface area contributed by atoms with E-state index in [1.807, 2.05) is 47.4 Å². The maximum Gasteiger partial charge on any atom is 0.247 e. The minimum absolute atomic E-state index is 0.305. The number of benzene rings is 2. The summed E-state index contributed by atoms with van der Waals surface area (Å²) >= 11 is 0. The van der Waals surface area contributed by atoms with Crippen LogP contribution in [-0.4, -0.2) is 46.5 Å². The van der Waals surface area contributed by atoms with Crippen LogP contribution in [-0.2, 0) is 17.9 Å². The van der Waals surface area contributed by atoms with Crippen molar-refractivity contribution in [2.45, 2.75) is 19.4 Å². The van der Waals surface area contributed by atoms with Crippen LogP contribution in [0.25, 0.3) is 0 Å². The van der Waals surface area contributed by atoms with Crippen molar-refractivity contribution < 1.29 is 19.4 Å². The van der Waals surface area contributed by atoms with Crippen molar-refractivity contribution in [3.05, 3.63) is 97.0 Å². The highest BCUT2D eigenvalue weighted by atomic mass is 16.5. The second-order valence-corrected chi connectivity index (χ2v) is 8.94. The molecule has 0 fully saturated rings. The SMILES string of the molecule is C=CC(=O)Nc1ccccc1Nc1ncc2c(n1)N(Cc1cccnc1)C(O)N(c1cc(OC)cc(OC)c1)C2. The van der Waals surface area contributed by atoms with E-state index in [2.05, 4.69) is 27.2 Å². The largest absolute Gasteiger partial charge is 0.497 e. The second-order valence-electron chi connectivity index (χ2n) is 8.94. The van der Waals surface area contributed by atoms with Crippen LogP contribution in [0.2, 0.25) is 0 Å². The Balaban J connectivity index is 1.52. The zero-order chi connectivity index (χ0) is 28.1. The Morgan fingerprint density at radius 1 is 1.10 bits per heavy atom. The van der Waals surface area contributed by atoms with E-state index in [-0.39, 0.29) is 5.91 Å². The summed E-state index contributed by atoms with van der Waals surface area (Å²) < 4.78 is 10.9. The number of nitrogens with one attached hydrogen (secondary N) is 2. The first kappa shape index (κ1) is 26.4. The molecule has 3 N–H and O–H groups in total. The van der Waals surface area contributed by atoms with Gasteiger partial charge in [0.05, 0.1) is 38.7 Å². The molecule has 40 heavy (non-hydrogen) atoms. The van der Waals surface area contributed by atoms with Crippen LogP contribution in [0.4, 0.5) is 28.8 Å². The Kier molecular flexibility index (Phi) is 7.74. The number of amides is 1. The van der Waals surface area contributed by atoms with Crippen molar-refractivity contribution in [3.8, 4) is 11.5 Å². The number of hydrogen-bond donors (Lipinski definition) is 3. The Labute approximate surface area is 231 Å². The van der Waals surface area contributed by atoms with Crippen LogP contribution in [0.3, 0.4) is 0 Å². The van der Waals surface area contributed by atoms with Gasteiger partial charge in [-0.05, 0) is 29.8 Å². The molecule has 2 aromatic carbocycles. The summed E-state index contributed by atoms with van der Waals surface area (Å²) in [6, 6.07) is 16.5. The number of ether oxygens (including phenoxy) is 2. The van der Waals surface area contributed by atoms with Gasteiger partial charge in [-0.15, -0.1) is 0 Å². The molecular weight excluding hydrogens is 510 g/mol. The number of carbonyl (C=O) groups is 1. The van der Waals surface area contributed by atoms with E-state index < -0.39 is 6.35 Å². The molecule has 11 heteroatoms. The minimum atomic E-state index is -1.08. The number of fused-ring (bicyclic) bond motifs is 1. The summed E-state index contributed by atoms with van der Waals surface area (Å²) in [5.41, 5.74) is 3.56. The molecule has 0 radical (unpaired) electrons. The first-order valence-corrected chi connectivity index (χ1v) is 12.5. The monoisotopic (exact) mass is 539 g/mol. The van der Waals surface area contributed by atoms with Gasteiger partial charge in [-0.3, -0.25) is 9.78 Å². The highest BCUT2D eigenvalue weighted by molar-refractivity contribution is 6.01. The fourth-order valence-electron chi connectivity index (χ4n) is 4.39. The number of para-hydroxylation sites is 2. The molecule has 1 amide bonds. The number of methoxy groups -OCH3 is 2. The van der Waals surface area contributed by atoms with Crippen LogP contribution >= 0.6 is 0 Å². The van der Waals surface area contributed by atoms with Gasteiger partial charge >= 0.3 is 0 Å². The number of hydrogen-bond acceptors (Lipinski definition) is 10. The van der Waals surface area contributed by atoms with E-state index in [0.29, 0.717) is 53.4 Å². The summed E-state index contributed by atoms with van der Waals surface area (Å²) in [5, 5.41) is 17.6. The molecule has 1 unspecified atom stereocenters. The van der Waals surface area contributed by atoms with E-state index in [9.17, 15) is 9.90 Å². The highest BCUT2D eigenvalue weighted by Gasteiger charge is 2.33. The van der Waals surface area contributed by atoms with Crippen LogP contribution in [0.1, 0.15) is 11.1 Å². The van der Waals surface area contributed by atoms with Crippen molar-refractivity contribution >= 4 is 34.7 Å². The molecule has 2 aromatic heterocycles. The number of pyridine rings is 1. The molecule has 3 heterocycles. The number of carbonyl (C=O) groups excluding carboxylic acids is 1. The lowest BCUT2D eigenvalue weighted by atomic mass is 10.1. The molecule has 0 spiro atoms. The highest BCUT2D eigenvalue weighted by Crippen LogP contribution is 2.37. The quantitative estimate of drug-likeness (QED) is 0.268. The average molecular weight is 540 g/mol. The standard InChI is InChI=1S/C29H29N7O4/c1-4-26(37)32-24-9-5-6-10-25(24)33-28-31-16-20-18-35(21-12-22(39-2)14-23(13-21)40-3)29(38)36(27(20)34-28)17-19-8-7-11-30-15-19/h4-16,29,38H,1,17-18H2,2-3H3,(H,32,37)(H,31,33,34). The van der Waals surface area contributed by atoms with Crippen molar-refractivity contribution in [2.75, 3.05) is 34.7 Å². The molecular formula is C29H29N7O4. The molecule has 4 aromatic rings. The number of rotatable bonds is 9. The van der Waals surface area contributed by atoms with E-state index >= 15 is 0 Å². The molecule has 5 rings (SSSR count). The molecule has 0 saturated carbocycles. The van der Waals surface area contributed by atoms with Crippen LogP contribution in [0.15, 0.2) is 85.8 Å². The second kappa shape index (κ2) is 11.7. The zero-order valence-corrected chi connectivity index (χ0v) is 22.1. The molecule has 204 valence electrons. The summed E-state index contributed by atoms with van der Waals surface area (Å²) in [4.78, 5) is 29.1. The normalized spacial score (nSPS) is 14.2. The predicted molar refractivity (Wildman–Crippen MR) is 153 cm³/mol. The molecule has 0 bridgehead atoms. The van der Waals surface area contributed by atoms with E-state index in [1.54, 1.807) is 49.8 Å². The van der Waals surface area contributed by atoms with Crippen LogP contribution < -0.4 is 29.9 Å². The van der Waals surface area contributed by atoms with E-state index in [1.165, 1.54) is 6.08 Å². The van der Waals surface area contributed by atoms with Gasteiger partial charge in [-0.25, -0.2) is 4.98 Å². The summed E-state index contributed by atoms with van der Waals surface area (Å²) in [6.45, 7) is 4.18. The number of anilines is 5. The Hall–Kier alpha value is -5.16. The van der Waals surface area contributed by atoms with Gasteiger partial charge in [0, 0.05) is 48.0 Å². The van der Waals surface area contributed by atoms with Gasteiger partial charge in [0.25, 0.3) is 0 Å². The fourth-order valence-corrected chi connectivity index (χ4v) is 4.39. The fraction of sp³-hybridized carbons (Fsp3) is 0.172. The number of aromatic nitrogens is 3. The summed E-state index contributed by atoms with van der Waals surface area (Å²) in [7, 11) is 3.16. The first-order valence-electron chi connectivity index (χ1n) is 12.5. The third-order valence-corrected chi connectivity index (χ3v) is 6.37. The van der Waals surface area contributed by atoms with Crippen LogP contribution in [0.5, 0.6) is 11.5 Å². The molecule has 11 nitrogen and oxygen atoms in total. The third-order valence-electron chi connectivity index (χ3n) is 6.37. The van der Waals surface area contributed by atoms with E-state index in [0.717, 1.165) is 11.1 Å². The number of aliphatic hydroxyl groups is 1. The third kappa shape index (κ3) is 5.64. The Bertz CT molecular complexity index is 1490. The molecule has 1 aliphatic rings. The van der Waals surface area contributed by atoms with Gasteiger partial charge in [0.2, 0.25) is 18.2 Å². The maximum absolute atomic E-state index is 11.9. The summed E-state index contributed by atoms with van der Waals surface area (Å²) in [6.07, 6.45) is 5.30. The minimum Gasteiger partial charge on any atom is -0.497 e. The predicted octanol–water partition coefficient (Wildman–Crippen LogP) is 4.06. The zero-order valence-electron chi connectivity index (χ0n) is 22.1. The molecule has 1 aliphatic heterocycles. The van der Waals surface area contributed by atoms with Gasteiger partial charge in [0.1, 0.15) is 17.3 Å². The first-order chi connectivity index (χ1) is 19.5. The molecule has 0 saturated heterocycles. The van der Waals surface area contributed by atoms with Crippen molar-refractivity contribution in [1.82, 2.24) is 15.0 Å². The van der Waals surface area contributed by atoms with Gasteiger partial charge in [-0.2, -0.15) is 4.98 Å².